The predicted octanol–water partition coefficient (Wildman–Crippen LogP) is 3.74. The maximum atomic E-state index is 13.6. The van der Waals surface area contributed by atoms with Crippen molar-refractivity contribution < 1.29 is 13.6 Å². The Balaban J connectivity index is 2.00. The van der Waals surface area contributed by atoms with Gasteiger partial charge < -0.3 is 4.90 Å². The van der Waals surface area contributed by atoms with E-state index in [2.05, 4.69) is 6.07 Å². The first-order chi connectivity index (χ1) is 10.5. The van der Waals surface area contributed by atoms with Gasteiger partial charge in [0.1, 0.15) is 17.2 Å². The number of hydrogen-bond acceptors (Lipinski definition) is 3. The third-order valence-corrected chi connectivity index (χ3v) is 5.18. The summed E-state index contributed by atoms with van der Waals surface area (Å²) in [6.07, 6.45) is 4.32. The van der Waals surface area contributed by atoms with E-state index in [9.17, 15) is 18.8 Å². The minimum atomic E-state index is -0.739. The van der Waals surface area contributed by atoms with Crippen LogP contribution in [0.15, 0.2) is 23.1 Å². The van der Waals surface area contributed by atoms with Crippen LogP contribution in [-0.4, -0.2) is 29.1 Å². The Morgan fingerprint density at radius 2 is 2.05 bits per heavy atom. The molecule has 3 nitrogen and oxygen atoms in total. The van der Waals surface area contributed by atoms with E-state index < -0.39 is 17.2 Å². The minimum absolute atomic E-state index is 0.0302. The van der Waals surface area contributed by atoms with Crippen LogP contribution in [0.25, 0.3) is 0 Å². The molecule has 1 aromatic carbocycles. The molecule has 0 aromatic heterocycles. The van der Waals surface area contributed by atoms with E-state index >= 15 is 0 Å². The Labute approximate surface area is 133 Å². The molecular formula is C16H18F2N2OS. The second kappa shape index (κ2) is 7.10. The van der Waals surface area contributed by atoms with Gasteiger partial charge in [0, 0.05) is 18.0 Å². The number of nitriles is 1. The van der Waals surface area contributed by atoms with Gasteiger partial charge >= 0.3 is 0 Å². The number of benzene rings is 1. The van der Waals surface area contributed by atoms with E-state index in [0.717, 1.165) is 43.2 Å². The highest BCUT2D eigenvalue weighted by atomic mass is 32.2. The van der Waals surface area contributed by atoms with Crippen LogP contribution in [0.4, 0.5) is 8.78 Å². The summed E-state index contributed by atoms with van der Waals surface area (Å²) in [5.41, 5.74) is -0.739. The van der Waals surface area contributed by atoms with Gasteiger partial charge in [0.05, 0.1) is 11.8 Å². The van der Waals surface area contributed by atoms with Crippen LogP contribution >= 0.6 is 11.8 Å². The lowest BCUT2D eigenvalue weighted by atomic mass is 9.81. The zero-order valence-electron chi connectivity index (χ0n) is 12.4. The predicted molar refractivity (Wildman–Crippen MR) is 81.3 cm³/mol. The van der Waals surface area contributed by atoms with E-state index in [4.69, 9.17) is 0 Å². The van der Waals surface area contributed by atoms with Crippen molar-refractivity contribution in [1.29, 1.82) is 5.26 Å². The smallest absolute Gasteiger partial charge is 0.233 e. The summed E-state index contributed by atoms with van der Waals surface area (Å²) < 4.78 is 26.4. The van der Waals surface area contributed by atoms with Gasteiger partial charge in [0.2, 0.25) is 5.91 Å². The Morgan fingerprint density at radius 1 is 1.36 bits per heavy atom. The fourth-order valence-electron chi connectivity index (χ4n) is 2.73. The molecule has 1 saturated carbocycles. The molecule has 0 aliphatic heterocycles. The number of hydrogen-bond donors (Lipinski definition) is 0. The zero-order valence-corrected chi connectivity index (χ0v) is 13.3. The highest BCUT2D eigenvalue weighted by Crippen LogP contribution is 2.33. The monoisotopic (exact) mass is 324 g/mol. The molecule has 0 heterocycles. The van der Waals surface area contributed by atoms with E-state index in [1.165, 1.54) is 11.0 Å². The van der Waals surface area contributed by atoms with Gasteiger partial charge in [-0.1, -0.05) is 19.3 Å². The first-order valence-corrected chi connectivity index (χ1v) is 8.23. The molecule has 6 heteroatoms. The molecule has 2 rings (SSSR count). The minimum Gasteiger partial charge on any atom is -0.326 e. The SMILES string of the molecule is CN(C(=O)CSc1ccc(F)cc1F)C1(C#N)CCCCC1. The lowest BCUT2D eigenvalue weighted by Gasteiger charge is -2.39. The normalized spacial score (nSPS) is 16.8. The number of thioether (sulfide) groups is 1. The van der Waals surface area contributed by atoms with Crippen LogP contribution in [0, 0.1) is 23.0 Å². The first kappa shape index (κ1) is 16.8. The van der Waals surface area contributed by atoms with E-state index in [1.807, 2.05) is 0 Å². The van der Waals surface area contributed by atoms with Gasteiger partial charge in [-0.3, -0.25) is 4.79 Å². The van der Waals surface area contributed by atoms with Crippen LogP contribution in [0.1, 0.15) is 32.1 Å². The average molecular weight is 324 g/mol. The van der Waals surface area contributed by atoms with Crippen molar-refractivity contribution in [3.05, 3.63) is 29.8 Å². The van der Waals surface area contributed by atoms with Crippen molar-refractivity contribution in [2.45, 2.75) is 42.5 Å². The lowest BCUT2D eigenvalue weighted by Crippen LogP contribution is -2.50. The number of nitrogens with zero attached hydrogens (tertiary/aromatic N) is 2. The third-order valence-electron chi connectivity index (χ3n) is 4.15. The number of rotatable bonds is 4. The van der Waals surface area contributed by atoms with Crippen LogP contribution < -0.4 is 0 Å². The molecule has 0 atom stereocenters. The molecule has 22 heavy (non-hydrogen) atoms. The molecule has 1 fully saturated rings. The van der Waals surface area contributed by atoms with Crippen molar-refractivity contribution in [1.82, 2.24) is 4.90 Å². The van der Waals surface area contributed by atoms with Crippen molar-refractivity contribution in [2.24, 2.45) is 0 Å². The Kier molecular flexibility index (Phi) is 5.41. The molecule has 0 spiro atoms. The zero-order chi connectivity index (χ0) is 16.2. The maximum Gasteiger partial charge on any atom is 0.233 e. The molecule has 1 aliphatic carbocycles. The van der Waals surface area contributed by atoms with Gasteiger partial charge in [-0.25, -0.2) is 8.78 Å². The molecule has 1 aromatic rings. The van der Waals surface area contributed by atoms with E-state index in [1.54, 1.807) is 7.05 Å². The lowest BCUT2D eigenvalue weighted by molar-refractivity contribution is -0.131. The van der Waals surface area contributed by atoms with Crippen LogP contribution in [0.5, 0.6) is 0 Å². The fourth-order valence-corrected chi connectivity index (χ4v) is 3.56. The number of carbonyl (C=O) groups excluding carboxylic acids is 1. The largest absolute Gasteiger partial charge is 0.326 e. The maximum absolute atomic E-state index is 13.6. The highest BCUT2D eigenvalue weighted by molar-refractivity contribution is 8.00. The van der Waals surface area contributed by atoms with Crippen molar-refractivity contribution >= 4 is 17.7 Å². The number of carbonyl (C=O) groups is 1. The van der Waals surface area contributed by atoms with Crippen molar-refractivity contribution in [3.8, 4) is 6.07 Å². The molecule has 1 aliphatic rings. The number of amides is 1. The summed E-state index contributed by atoms with van der Waals surface area (Å²) in [6.45, 7) is 0. The summed E-state index contributed by atoms with van der Waals surface area (Å²) in [7, 11) is 1.64. The fraction of sp³-hybridized carbons (Fsp3) is 0.500. The van der Waals surface area contributed by atoms with Crippen molar-refractivity contribution in [2.75, 3.05) is 12.8 Å². The van der Waals surface area contributed by atoms with Gasteiger partial charge in [0.25, 0.3) is 0 Å². The van der Waals surface area contributed by atoms with Crippen LogP contribution in [-0.2, 0) is 4.79 Å². The Bertz CT molecular complexity index is 594. The quantitative estimate of drug-likeness (QED) is 0.793. The summed E-state index contributed by atoms with van der Waals surface area (Å²) >= 11 is 1.02. The van der Waals surface area contributed by atoms with Gasteiger partial charge in [-0.15, -0.1) is 11.8 Å². The molecule has 118 valence electrons. The number of halogens is 2. The third kappa shape index (κ3) is 3.58. The molecule has 0 bridgehead atoms. The summed E-state index contributed by atoms with van der Waals surface area (Å²) in [4.78, 5) is 14.1. The average Bonchev–Trinajstić information content (AvgIpc) is 2.53. The van der Waals surface area contributed by atoms with Gasteiger partial charge in [-0.05, 0) is 25.0 Å². The van der Waals surface area contributed by atoms with Crippen molar-refractivity contribution in [3.63, 3.8) is 0 Å². The molecule has 0 unspecified atom stereocenters. The highest BCUT2D eigenvalue weighted by Gasteiger charge is 2.38. The Morgan fingerprint density at radius 3 is 2.64 bits per heavy atom. The second-order valence-electron chi connectivity index (χ2n) is 5.52. The van der Waals surface area contributed by atoms with Gasteiger partial charge in [-0.2, -0.15) is 5.26 Å². The summed E-state index contributed by atoms with van der Waals surface area (Å²) in [6, 6.07) is 5.57. The topological polar surface area (TPSA) is 44.1 Å². The standard InChI is InChI=1S/C16H18F2N2OS/c1-20(16(11-19)7-3-2-4-8-16)15(21)10-22-14-6-5-12(17)9-13(14)18/h5-6,9H,2-4,7-8,10H2,1H3. The molecule has 0 radical (unpaired) electrons. The first-order valence-electron chi connectivity index (χ1n) is 7.24. The summed E-state index contributed by atoms with van der Waals surface area (Å²) in [5, 5.41) is 9.47. The Hall–Kier alpha value is -1.61. The van der Waals surface area contributed by atoms with Gasteiger partial charge in [0.15, 0.2) is 0 Å². The van der Waals surface area contributed by atoms with E-state index in [-0.39, 0.29) is 16.6 Å². The molecular weight excluding hydrogens is 306 g/mol. The summed E-state index contributed by atoms with van der Waals surface area (Å²) in [5.74, 6) is -1.50. The second-order valence-corrected chi connectivity index (χ2v) is 6.54. The van der Waals surface area contributed by atoms with E-state index in [0.29, 0.717) is 12.8 Å². The molecule has 0 N–H and O–H groups in total. The molecule has 0 saturated heterocycles. The molecule has 1 amide bonds. The van der Waals surface area contributed by atoms with Crippen LogP contribution in [0.2, 0.25) is 0 Å². The van der Waals surface area contributed by atoms with Crippen LogP contribution in [0.3, 0.4) is 0 Å².